The Morgan fingerprint density at radius 1 is 1.17 bits per heavy atom. The molecule has 0 saturated carbocycles. The molecule has 4 rings (SSSR count). The molecule has 4 amide bonds. The molecule has 3 aliphatic heterocycles. The van der Waals surface area contributed by atoms with Crippen LogP contribution in [0.25, 0.3) is 0 Å². The van der Waals surface area contributed by atoms with Crippen molar-refractivity contribution in [2.75, 3.05) is 54.1 Å². The minimum atomic E-state index is -0.760. The third-order valence-electron chi connectivity index (χ3n) is 6.90. The Balaban J connectivity index is 1.55. The summed E-state index contributed by atoms with van der Waals surface area (Å²) in [6.07, 6.45) is 1.36. The average Bonchev–Trinajstić information content (AvgIpc) is 3.21. The molecule has 2 unspecified atom stereocenters. The molecule has 1 fully saturated rings. The second kappa shape index (κ2) is 10.5. The van der Waals surface area contributed by atoms with Crippen LogP contribution < -0.4 is 14.8 Å². The standard InChI is InChI=1S/C25H32N4O7/c1-5-36-24(32)15-8-7-11-28(12-15)19(30)14-29-13-17-20(23(29)31)21(26-25(33)27(17)2)16-9-6-10-18(34-3)22(16)35-4/h6,9-10,15,21H,5,7-8,11-14H2,1-4H3,(H,26,33). The number of carbonyl (C=O) groups excluding carboxylic acids is 4. The number of nitrogens with zero attached hydrogens (tertiary/aromatic N) is 3. The summed E-state index contributed by atoms with van der Waals surface area (Å²) in [5.74, 6) is -0.341. The van der Waals surface area contributed by atoms with Crippen LogP contribution in [0.1, 0.15) is 31.4 Å². The molecule has 1 saturated heterocycles. The Bertz CT molecular complexity index is 1100. The molecule has 0 aliphatic carbocycles. The summed E-state index contributed by atoms with van der Waals surface area (Å²) in [4.78, 5) is 56.1. The van der Waals surface area contributed by atoms with E-state index in [1.807, 2.05) is 0 Å². The molecule has 1 aromatic rings. The summed E-state index contributed by atoms with van der Waals surface area (Å²) < 4.78 is 16.1. The highest BCUT2D eigenvalue weighted by Crippen LogP contribution is 2.42. The molecule has 0 bridgehead atoms. The molecule has 0 spiro atoms. The first-order chi connectivity index (χ1) is 17.3. The van der Waals surface area contributed by atoms with Crippen molar-refractivity contribution in [1.29, 1.82) is 0 Å². The number of carbonyl (C=O) groups is 4. The number of esters is 1. The molecule has 3 aliphatic rings. The maximum absolute atomic E-state index is 13.6. The van der Waals surface area contributed by atoms with Crippen LogP contribution in [0.15, 0.2) is 29.5 Å². The van der Waals surface area contributed by atoms with E-state index in [4.69, 9.17) is 14.2 Å². The third kappa shape index (κ3) is 4.57. The SMILES string of the molecule is CCOC(=O)C1CCCN(C(=O)CN2CC3=C(C2=O)C(c2cccc(OC)c2OC)NC(=O)N3C)C1. The van der Waals surface area contributed by atoms with Gasteiger partial charge in [-0.15, -0.1) is 0 Å². The highest BCUT2D eigenvalue weighted by molar-refractivity contribution is 6.03. The first-order valence-corrected chi connectivity index (χ1v) is 12.0. The van der Waals surface area contributed by atoms with Gasteiger partial charge in [-0.2, -0.15) is 0 Å². The van der Waals surface area contributed by atoms with Crippen molar-refractivity contribution >= 4 is 23.8 Å². The van der Waals surface area contributed by atoms with Crippen LogP contribution >= 0.6 is 0 Å². The van der Waals surface area contributed by atoms with Crippen molar-refractivity contribution in [2.45, 2.75) is 25.8 Å². The molecule has 0 aromatic heterocycles. The van der Waals surface area contributed by atoms with E-state index in [9.17, 15) is 19.2 Å². The summed E-state index contributed by atoms with van der Waals surface area (Å²) in [6, 6.07) is 4.14. The quantitative estimate of drug-likeness (QED) is 0.561. The fourth-order valence-corrected chi connectivity index (χ4v) is 5.04. The number of para-hydroxylation sites is 1. The normalized spacial score (nSPS) is 21.8. The van der Waals surface area contributed by atoms with Crippen molar-refractivity contribution < 1.29 is 33.4 Å². The Morgan fingerprint density at radius 3 is 2.64 bits per heavy atom. The lowest BCUT2D eigenvalue weighted by Gasteiger charge is -2.32. The molecule has 3 heterocycles. The number of piperidine rings is 1. The Kier molecular flexibility index (Phi) is 7.37. The van der Waals surface area contributed by atoms with Gasteiger partial charge >= 0.3 is 12.0 Å². The van der Waals surface area contributed by atoms with Gasteiger partial charge in [-0.25, -0.2) is 4.79 Å². The van der Waals surface area contributed by atoms with E-state index in [0.717, 1.165) is 0 Å². The largest absolute Gasteiger partial charge is 0.493 e. The number of hydrogen-bond donors (Lipinski definition) is 1. The average molecular weight is 501 g/mol. The number of benzene rings is 1. The molecule has 194 valence electrons. The van der Waals surface area contributed by atoms with Gasteiger partial charge in [-0.1, -0.05) is 12.1 Å². The monoisotopic (exact) mass is 500 g/mol. The van der Waals surface area contributed by atoms with Crippen molar-refractivity contribution in [1.82, 2.24) is 20.0 Å². The van der Waals surface area contributed by atoms with E-state index < -0.39 is 6.04 Å². The summed E-state index contributed by atoms with van der Waals surface area (Å²) in [5, 5.41) is 2.88. The Hall–Kier alpha value is -3.76. The number of likely N-dealkylation sites (tertiary alicyclic amines) is 1. The number of rotatable bonds is 7. The van der Waals surface area contributed by atoms with Crippen LogP contribution in [0.3, 0.4) is 0 Å². The van der Waals surface area contributed by atoms with Crippen LogP contribution in [0.4, 0.5) is 4.79 Å². The molecule has 1 aromatic carbocycles. The van der Waals surface area contributed by atoms with E-state index in [-0.39, 0.29) is 49.4 Å². The van der Waals surface area contributed by atoms with Crippen molar-refractivity contribution in [2.24, 2.45) is 5.92 Å². The summed E-state index contributed by atoms with van der Waals surface area (Å²) in [5.41, 5.74) is 1.51. The zero-order valence-electron chi connectivity index (χ0n) is 21.0. The lowest BCUT2D eigenvalue weighted by molar-refractivity contribution is -0.152. The minimum Gasteiger partial charge on any atom is -0.493 e. The predicted octanol–water partition coefficient (Wildman–Crippen LogP) is 1.30. The number of urea groups is 1. The van der Waals surface area contributed by atoms with E-state index in [0.29, 0.717) is 54.3 Å². The highest BCUT2D eigenvalue weighted by Gasteiger charge is 2.45. The number of hydrogen-bond acceptors (Lipinski definition) is 7. The van der Waals surface area contributed by atoms with E-state index in [1.54, 1.807) is 37.1 Å². The lowest BCUT2D eigenvalue weighted by atomic mass is 9.94. The molecular weight excluding hydrogens is 468 g/mol. The fraction of sp³-hybridized carbons (Fsp3) is 0.520. The summed E-state index contributed by atoms with van der Waals surface area (Å²) in [7, 11) is 4.61. The second-order valence-corrected chi connectivity index (χ2v) is 8.98. The molecule has 1 N–H and O–H groups in total. The number of likely N-dealkylation sites (N-methyl/N-ethyl adjacent to an activating group) is 1. The van der Waals surface area contributed by atoms with Crippen molar-refractivity contribution in [3.05, 3.63) is 35.0 Å². The van der Waals surface area contributed by atoms with Crippen LogP contribution in [-0.4, -0.2) is 92.6 Å². The van der Waals surface area contributed by atoms with E-state index in [2.05, 4.69) is 5.32 Å². The topological polar surface area (TPSA) is 118 Å². The Morgan fingerprint density at radius 2 is 1.94 bits per heavy atom. The van der Waals surface area contributed by atoms with Gasteiger partial charge in [0.25, 0.3) is 5.91 Å². The second-order valence-electron chi connectivity index (χ2n) is 8.98. The highest BCUT2D eigenvalue weighted by atomic mass is 16.5. The molecule has 2 atom stereocenters. The van der Waals surface area contributed by atoms with Gasteiger partial charge in [0, 0.05) is 25.7 Å². The number of nitrogens with one attached hydrogen (secondary N) is 1. The lowest BCUT2D eigenvalue weighted by Crippen LogP contribution is -2.47. The summed E-state index contributed by atoms with van der Waals surface area (Å²) >= 11 is 0. The van der Waals surface area contributed by atoms with Gasteiger partial charge in [0.15, 0.2) is 11.5 Å². The van der Waals surface area contributed by atoms with Gasteiger partial charge in [0.2, 0.25) is 5.91 Å². The number of amides is 4. The van der Waals surface area contributed by atoms with E-state index in [1.165, 1.54) is 24.0 Å². The first kappa shape index (κ1) is 25.3. The number of methoxy groups -OCH3 is 2. The fourth-order valence-electron chi connectivity index (χ4n) is 5.04. The molecular formula is C25H32N4O7. The van der Waals surface area contributed by atoms with Gasteiger partial charge < -0.3 is 29.3 Å². The Labute approximate surface area is 209 Å². The van der Waals surface area contributed by atoms with Crippen LogP contribution in [0, 0.1) is 5.92 Å². The molecule has 36 heavy (non-hydrogen) atoms. The molecule has 11 nitrogen and oxygen atoms in total. The van der Waals surface area contributed by atoms with Gasteiger partial charge in [0.1, 0.15) is 6.54 Å². The maximum Gasteiger partial charge on any atom is 0.322 e. The summed E-state index contributed by atoms with van der Waals surface area (Å²) in [6.45, 7) is 2.82. The molecule has 0 radical (unpaired) electrons. The third-order valence-corrected chi connectivity index (χ3v) is 6.90. The van der Waals surface area contributed by atoms with Crippen LogP contribution in [-0.2, 0) is 19.1 Å². The molecule has 11 heteroatoms. The van der Waals surface area contributed by atoms with Gasteiger partial charge in [-0.3, -0.25) is 19.3 Å². The van der Waals surface area contributed by atoms with Crippen molar-refractivity contribution in [3.8, 4) is 11.5 Å². The predicted molar refractivity (Wildman–Crippen MR) is 128 cm³/mol. The number of ether oxygens (including phenoxy) is 3. The zero-order valence-corrected chi connectivity index (χ0v) is 21.0. The minimum absolute atomic E-state index is 0.127. The zero-order chi connectivity index (χ0) is 26.0. The smallest absolute Gasteiger partial charge is 0.322 e. The van der Waals surface area contributed by atoms with Gasteiger partial charge in [-0.05, 0) is 25.8 Å². The first-order valence-electron chi connectivity index (χ1n) is 12.0. The van der Waals surface area contributed by atoms with Crippen LogP contribution in [0.2, 0.25) is 0 Å². The van der Waals surface area contributed by atoms with Crippen molar-refractivity contribution in [3.63, 3.8) is 0 Å². The van der Waals surface area contributed by atoms with E-state index >= 15 is 0 Å². The van der Waals surface area contributed by atoms with Gasteiger partial charge in [0.05, 0.1) is 50.6 Å². The maximum atomic E-state index is 13.6. The van der Waals surface area contributed by atoms with Crippen LogP contribution in [0.5, 0.6) is 11.5 Å².